The molecule has 1 N–H and O–H groups in total. The van der Waals surface area contributed by atoms with E-state index in [0.29, 0.717) is 42.1 Å². The summed E-state index contributed by atoms with van der Waals surface area (Å²) < 4.78 is -0.698. The van der Waals surface area contributed by atoms with Gasteiger partial charge in [0.05, 0.1) is 6.54 Å². The molecule has 2 aliphatic heterocycles. The fraction of sp³-hybridized carbons (Fsp3) is 0.526. The van der Waals surface area contributed by atoms with Crippen LogP contribution in [0.3, 0.4) is 0 Å². The number of nitrogens with one attached hydrogen (secondary N) is 1. The molecular formula is C19H20ClIN4O2. The average Bonchev–Trinajstić information content (AvgIpc) is 3.00. The molecule has 0 spiro atoms. The van der Waals surface area contributed by atoms with Crippen LogP contribution in [-0.4, -0.2) is 57.4 Å². The van der Waals surface area contributed by atoms with E-state index in [9.17, 15) is 14.9 Å². The molecule has 4 rings (SSSR count). The summed E-state index contributed by atoms with van der Waals surface area (Å²) in [6, 6.07) is 9.57. The lowest BCUT2D eigenvalue weighted by atomic mass is 10.2. The Labute approximate surface area is 177 Å². The Morgan fingerprint density at radius 2 is 2.11 bits per heavy atom. The first kappa shape index (κ1) is 19.0. The third-order valence-corrected chi connectivity index (χ3v) is 7.43. The maximum atomic E-state index is 12.6. The molecule has 2 amide bonds. The minimum atomic E-state index is -0.698. The molecule has 1 saturated carbocycles. The Balaban J connectivity index is 1.27. The smallest absolute Gasteiger partial charge is 0.253 e. The molecule has 1 aromatic rings. The number of nitrogens with zero attached hydrogens (tertiary/aromatic N) is 3. The van der Waals surface area contributed by atoms with E-state index in [1.165, 1.54) is 0 Å². The predicted octanol–water partition coefficient (Wildman–Crippen LogP) is 2.28. The van der Waals surface area contributed by atoms with Gasteiger partial charge in [-0.15, -0.1) is 0 Å². The number of carbonyl (C=O) groups excluding carboxylic acids is 2. The van der Waals surface area contributed by atoms with Crippen molar-refractivity contribution in [3.05, 3.63) is 34.9 Å². The van der Waals surface area contributed by atoms with E-state index in [0.717, 1.165) is 12.8 Å². The van der Waals surface area contributed by atoms with Crippen LogP contribution in [0, 0.1) is 23.2 Å². The molecule has 8 heteroatoms. The number of carbonyl (C=O) groups is 2. The summed E-state index contributed by atoms with van der Waals surface area (Å²) in [7, 11) is 0. The molecule has 0 aromatic heterocycles. The molecule has 142 valence electrons. The Kier molecular flexibility index (Phi) is 5.08. The summed E-state index contributed by atoms with van der Waals surface area (Å²) in [5.74, 6) is 0.806. The largest absolute Gasteiger partial charge is 0.338 e. The van der Waals surface area contributed by atoms with Crippen molar-refractivity contribution in [2.75, 3.05) is 26.2 Å². The van der Waals surface area contributed by atoms with Crippen molar-refractivity contribution in [1.82, 2.24) is 15.1 Å². The van der Waals surface area contributed by atoms with Gasteiger partial charge in [-0.05, 0) is 65.5 Å². The van der Waals surface area contributed by atoms with Gasteiger partial charge in [-0.25, -0.2) is 0 Å². The molecule has 1 aliphatic carbocycles. The van der Waals surface area contributed by atoms with Gasteiger partial charge < -0.3 is 15.1 Å². The molecule has 27 heavy (non-hydrogen) atoms. The third-order valence-electron chi connectivity index (χ3n) is 5.83. The zero-order chi connectivity index (χ0) is 19.2. The summed E-state index contributed by atoms with van der Waals surface area (Å²) in [6.45, 7) is 2.32. The minimum absolute atomic E-state index is 0.0136. The number of likely N-dealkylation sites (tertiary alicyclic amines) is 2. The molecular weight excluding hydrogens is 479 g/mol. The van der Waals surface area contributed by atoms with Gasteiger partial charge in [-0.1, -0.05) is 17.7 Å². The van der Waals surface area contributed by atoms with Crippen LogP contribution in [0.15, 0.2) is 24.3 Å². The van der Waals surface area contributed by atoms with Gasteiger partial charge in [0.15, 0.2) is 3.55 Å². The van der Waals surface area contributed by atoms with E-state index in [-0.39, 0.29) is 24.4 Å². The number of fused-ring (bicyclic) bond motifs is 1. The highest BCUT2D eigenvalue weighted by atomic mass is 127. The maximum Gasteiger partial charge on any atom is 0.253 e. The van der Waals surface area contributed by atoms with Crippen molar-refractivity contribution < 1.29 is 9.59 Å². The number of nitriles is 1. The SMILES string of the molecule is N#C[C@@]1(I)CCCN1C(=O)CNC1C2CN(C(=O)c3cccc(Cl)c3)CC21. The molecule has 0 radical (unpaired) electrons. The van der Waals surface area contributed by atoms with Crippen molar-refractivity contribution in [3.63, 3.8) is 0 Å². The highest BCUT2D eigenvalue weighted by Gasteiger charge is 2.56. The Bertz CT molecular complexity index is 816. The van der Waals surface area contributed by atoms with Crippen LogP contribution in [0.1, 0.15) is 23.2 Å². The van der Waals surface area contributed by atoms with Crippen LogP contribution >= 0.6 is 34.2 Å². The molecule has 3 atom stereocenters. The van der Waals surface area contributed by atoms with Gasteiger partial charge in [-0.2, -0.15) is 5.26 Å². The number of piperidine rings is 1. The molecule has 0 bridgehead atoms. The maximum absolute atomic E-state index is 12.6. The van der Waals surface area contributed by atoms with E-state index in [1.807, 2.05) is 4.90 Å². The molecule has 2 heterocycles. The first-order valence-electron chi connectivity index (χ1n) is 9.12. The Morgan fingerprint density at radius 1 is 1.37 bits per heavy atom. The van der Waals surface area contributed by atoms with E-state index in [4.69, 9.17) is 11.6 Å². The summed E-state index contributed by atoms with van der Waals surface area (Å²) in [6.07, 6.45) is 1.60. The lowest BCUT2D eigenvalue weighted by Crippen LogP contribution is -2.46. The fourth-order valence-electron chi connectivity index (χ4n) is 4.32. The highest BCUT2D eigenvalue weighted by Crippen LogP contribution is 2.46. The zero-order valence-corrected chi connectivity index (χ0v) is 17.6. The lowest BCUT2D eigenvalue weighted by molar-refractivity contribution is -0.130. The van der Waals surface area contributed by atoms with E-state index < -0.39 is 3.55 Å². The minimum Gasteiger partial charge on any atom is -0.338 e. The van der Waals surface area contributed by atoms with E-state index in [2.05, 4.69) is 34.0 Å². The first-order chi connectivity index (χ1) is 12.9. The molecule has 2 saturated heterocycles. The van der Waals surface area contributed by atoms with Crippen molar-refractivity contribution in [2.45, 2.75) is 22.4 Å². The van der Waals surface area contributed by atoms with Gasteiger partial charge in [-0.3, -0.25) is 9.59 Å². The Hall–Kier alpha value is -1.37. The summed E-state index contributed by atoms with van der Waals surface area (Å²) in [5, 5.41) is 13.2. The lowest BCUT2D eigenvalue weighted by Gasteiger charge is -2.27. The molecule has 2 unspecified atom stereocenters. The highest BCUT2D eigenvalue weighted by molar-refractivity contribution is 14.1. The normalized spacial score (nSPS) is 31.5. The number of hydrogen-bond acceptors (Lipinski definition) is 4. The molecule has 3 aliphatic rings. The topological polar surface area (TPSA) is 76.4 Å². The second-order valence-electron chi connectivity index (χ2n) is 7.47. The van der Waals surface area contributed by atoms with Gasteiger partial charge >= 0.3 is 0 Å². The van der Waals surface area contributed by atoms with Crippen LogP contribution in [0.25, 0.3) is 0 Å². The number of alkyl halides is 1. The number of hydrogen-bond donors (Lipinski definition) is 1. The fourth-order valence-corrected chi connectivity index (χ4v) is 5.40. The van der Waals surface area contributed by atoms with E-state index in [1.54, 1.807) is 29.2 Å². The van der Waals surface area contributed by atoms with Gasteiger partial charge in [0.1, 0.15) is 6.07 Å². The number of amides is 2. The molecule has 3 fully saturated rings. The van der Waals surface area contributed by atoms with Crippen molar-refractivity contribution in [3.8, 4) is 6.07 Å². The second kappa shape index (κ2) is 7.22. The van der Waals surface area contributed by atoms with Crippen molar-refractivity contribution >= 4 is 46.0 Å². The van der Waals surface area contributed by atoms with Gasteiger partial charge in [0.25, 0.3) is 5.91 Å². The second-order valence-corrected chi connectivity index (χ2v) is 9.70. The van der Waals surface area contributed by atoms with Crippen LogP contribution in [-0.2, 0) is 4.79 Å². The number of benzene rings is 1. The number of rotatable bonds is 4. The zero-order valence-electron chi connectivity index (χ0n) is 14.7. The molecule has 1 aromatic carbocycles. The third kappa shape index (κ3) is 3.55. The van der Waals surface area contributed by atoms with Crippen LogP contribution in [0.4, 0.5) is 0 Å². The van der Waals surface area contributed by atoms with Gasteiger partial charge in [0, 0.05) is 36.3 Å². The standard InChI is InChI=1S/C19H20ClIN4O2/c20-13-4-1-3-12(7-13)18(27)24-9-14-15(10-24)17(14)23-8-16(26)25-6-2-5-19(25,21)11-22/h1,3-4,7,14-15,17,23H,2,5-6,8-10H2/t14?,15?,17?,19-/m1/s1. The first-order valence-corrected chi connectivity index (χ1v) is 10.6. The average molecular weight is 499 g/mol. The molecule has 6 nitrogen and oxygen atoms in total. The van der Waals surface area contributed by atoms with E-state index >= 15 is 0 Å². The predicted molar refractivity (Wildman–Crippen MR) is 109 cm³/mol. The monoisotopic (exact) mass is 498 g/mol. The quantitative estimate of drug-likeness (QED) is 0.393. The summed E-state index contributed by atoms with van der Waals surface area (Å²) in [4.78, 5) is 28.6. The number of halogens is 2. The van der Waals surface area contributed by atoms with Gasteiger partial charge in [0.2, 0.25) is 5.91 Å². The van der Waals surface area contributed by atoms with Crippen LogP contribution in [0.5, 0.6) is 0 Å². The Morgan fingerprint density at radius 3 is 2.78 bits per heavy atom. The summed E-state index contributed by atoms with van der Waals surface area (Å²) in [5.41, 5.74) is 0.618. The van der Waals surface area contributed by atoms with Crippen LogP contribution in [0.2, 0.25) is 5.02 Å². The van der Waals surface area contributed by atoms with Crippen molar-refractivity contribution in [2.24, 2.45) is 11.8 Å². The van der Waals surface area contributed by atoms with Crippen molar-refractivity contribution in [1.29, 1.82) is 5.26 Å². The summed E-state index contributed by atoms with van der Waals surface area (Å²) >= 11 is 8.06. The van der Waals surface area contributed by atoms with Crippen LogP contribution < -0.4 is 5.32 Å².